The minimum Gasteiger partial charge on any atom is -0.462 e. The van der Waals surface area contributed by atoms with Crippen molar-refractivity contribution in [1.29, 1.82) is 0 Å². The predicted octanol–water partition coefficient (Wildman–Crippen LogP) is -0.0503. The average Bonchev–Trinajstić information content (AvgIpc) is 2.38. The fraction of sp³-hybridized carbons (Fsp3) is 0.583. The van der Waals surface area contributed by atoms with Crippen LogP contribution in [0.1, 0.15) is 29.2 Å². The number of nitrogens with zero attached hydrogens (tertiary/aromatic N) is 2. The van der Waals surface area contributed by atoms with E-state index in [9.17, 15) is 9.59 Å². The van der Waals surface area contributed by atoms with Gasteiger partial charge in [-0.1, -0.05) is 0 Å². The Morgan fingerprint density at radius 1 is 1.68 bits per heavy atom. The van der Waals surface area contributed by atoms with Crippen molar-refractivity contribution in [2.45, 2.75) is 13.0 Å². The highest BCUT2D eigenvalue weighted by molar-refractivity contribution is 5.88. The molecule has 19 heavy (non-hydrogen) atoms. The quantitative estimate of drug-likeness (QED) is 0.773. The van der Waals surface area contributed by atoms with Crippen LogP contribution in [-0.4, -0.2) is 54.2 Å². The van der Waals surface area contributed by atoms with E-state index in [1.54, 1.807) is 6.92 Å². The molecule has 7 nitrogen and oxygen atoms in total. The molecule has 1 aromatic heterocycles. The molecule has 0 aliphatic carbocycles. The van der Waals surface area contributed by atoms with E-state index in [2.05, 4.69) is 14.9 Å². The Balaban J connectivity index is 2.19. The normalized spacial score (nSPS) is 20.2. The van der Waals surface area contributed by atoms with Crippen LogP contribution in [0.5, 0.6) is 0 Å². The van der Waals surface area contributed by atoms with Crippen LogP contribution >= 0.6 is 0 Å². The molecule has 2 rings (SSSR count). The molecule has 1 unspecified atom stereocenters. The number of aromatic amines is 1. The summed E-state index contributed by atoms with van der Waals surface area (Å²) < 4.78 is 10.3. The van der Waals surface area contributed by atoms with Gasteiger partial charge in [-0.2, -0.15) is 0 Å². The van der Waals surface area contributed by atoms with E-state index in [1.165, 1.54) is 6.20 Å². The number of nitrogens with one attached hydrogen (secondary N) is 1. The molecule has 1 fully saturated rings. The minimum atomic E-state index is -0.663. The molecule has 0 bridgehead atoms. The Labute approximate surface area is 110 Å². The lowest BCUT2D eigenvalue weighted by Crippen LogP contribution is -2.37. The molecule has 0 radical (unpaired) electrons. The number of aromatic nitrogens is 2. The number of likely N-dealkylation sites (N-methyl/N-ethyl adjacent to an activating group) is 1. The van der Waals surface area contributed by atoms with Crippen LogP contribution in [0.3, 0.4) is 0 Å². The molecule has 7 heteroatoms. The van der Waals surface area contributed by atoms with Crippen LogP contribution in [-0.2, 0) is 9.47 Å². The van der Waals surface area contributed by atoms with Gasteiger partial charge in [-0.05, 0) is 14.0 Å². The monoisotopic (exact) mass is 267 g/mol. The number of hydrogen-bond acceptors (Lipinski definition) is 6. The molecule has 0 spiro atoms. The van der Waals surface area contributed by atoms with Crippen molar-refractivity contribution >= 4 is 5.97 Å². The molecule has 1 atom stereocenters. The zero-order chi connectivity index (χ0) is 13.8. The minimum absolute atomic E-state index is 0.0882. The van der Waals surface area contributed by atoms with Gasteiger partial charge in [-0.3, -0.25) is 4.79 Å². The first-order chi connectivity index (χ1) is 9.11. The lowest BCUT2D eigenvalue weighted by atomic mass is 10.2. The smallest absolute Gasteiger partial charge is 0.345 e. The van der Waals surface area contributed by atoms with Crippen LogP contribution in [0, 0.1) is 0 Å². The molecule has 1 saturated heterocycles. The fourth-order valence-corrected chi connectivity index (χ4v) is 1.87. The van der Waals surface area contributed by atoms with E-state index < -0.39 is 11.5 Å². The molecule has 1 aromatic rings. The second-order valence-corrected chi connectivity index (χ2v) is 4.35. The van der Waals surface area contributed by atoms with Crippen LogP contribution in [0.15, 0.2) is 11.0 Å². The van der Waals surface area contributed by atoms with Crippen molar-refractivity contribution in [2.75, 3.05) is 33.4 Å². The first-order valence-electron chi connectivity index (χ1n) is 6.18. The first kappa shape index (κ1) is 13.7. The van der Waals surface area contributed by atoms with Gasteiger partial charge in [0.2, 0.25) is 0 Å². The SMILES string of the molecule is CCOC(=O)c1cnc(C2CN(C)CCO2)[nH]c1=O. The van der Waals surface area contributed by atoms with Crippen LogP contribution < -0.4 is 5.56 Å². The van der Waals surface area contributed by atoms with Gasteiger partial charge in [0.05, 0.1) is 13.2 Å². The van der Waals surface area contributed by atoms with Gasteiger partial charge in [0, 0.05) is 19.3 Å². The van der Waals surface area contributed by atoms with Gasteiger partial charge in [-0.15, -0.1) is 0 Å². The predicted molar refractivity (Wildman–Crippen MR) is 67.0 cm³/mol. The Kier molecular flexibility index (Phi) is 4.28. The third-order valence-corrected chi connectivity index (χ3v) is 2.89. The molecule has 1 N–H and O–H groups in total. The van der Waals surface area contributed by atoms with E-state index >= 15 is 0 Å². The molecule has 0 aromatic carbocycles. The maximum absolute atomic E-state index is 11.8. The van der Waals surface area contributed by atoms with Crippen molar-refractivity contribution in [3.05, 3.63) is 27.9 Å². The van der Waals surface area contributed by atoms with Gasteiger partial charge >= 0.3 is 5.97 Å². The Morgan fingerprint density at radius 3 is 3.11 bits per heavy atom. The van der Waals surface area contributed by atoms with E-state index in [-0.39, 0.29) is 18.3 Å². The lowest BCUT2D eigenvalue weighted by Gasteiger charge is -2.29. The third-order valence-electron chi connectivity index (χ3n) is 2.89. The van der Waals surface area contributed by atoms with Crippen molar-refractivity contribution in [1.82, 2.24) is 14.9 Å². The van der Waals surface area contributed by atoms with Crippen molar-refractivity contribution in [2.24, 2.45) is 0 Å². The highest BCUT2D eigenvalue weighted by atomic mass is 16.5. The molecule has 104 valence electrons. The third kappa shape index (κ3) is 3.18. The summed E-state index contributed by atoms with van der Waals surface area (Å²) in [7, 11) is 1.97. The Morgan fingerprint density at radius 2 is 2.47 bits per heavy atom. The summed E-state index contributed by atoms with van der Waals surface area (Å²) in [6, 6.07) is 0. The lowest BCUT2D eigenvalue weighted by molar-refractivity contribution is -0.0256. The topological polar surface area (TPSA) is 84.5 Å². The number of esters is 1. The zero-order valence-electron chi connectivity index (χ0n) is 11.0. The summed E-state index contributed by atoms with van der Waals surface area (Å²) in [6.45, 7) is 3.99. The molecule has 1 aliphatic rings. The van der Waals surface area contributed by atoms with E-state index in [1.807, 2.05) is 7.05 Å². The molecule has 0 saturated carbocycles. The summed E-state index contributed by atoms with van der Waals surface area (Å²) >= 11 is 0. The standard InChI is InChI=1S/C12H17N3O4/c1-3-18-12(17)8-6-13-10(14-11(8)16)9-7-15(2)4-5-19-9/h6,9H,3-5,7H2,1-2H3,(H,13,14,16). The summed E-state index contributed by atoms with van der Waals surface area (Å²) in [5, 5.41) is 0. The van der Waals surface area contributed by atoms with Gasteiger partial charge in [-0.25, -0.2) is 9.78 Å². The van der Waals surface area contributed by atoms with Crippen LogP contribution in [0.2, 0.25) is 0 Å². The van der Waals surface area contributed by atoms with Gasteiger partial charge in [0.25, 0.3) is 5.56 Å². The summed E-state index contributed by atoms with van der Waals surface area (Å²) in [6.07, 6.45) is 0.965. The number of carbonyl (C=O) groups is 1. The first-order valence-corrected chi connectivity index (χ1v) is 6.18. The average molecular weight is 267 g/mol. The largest absolute Gasteiger partial charge is 0.462 e. The van der Waals surface area contributed by atoms with Gasteiger partial charge in [0.1, 0.15) is 17.5 Å². The zero-order valence-corrected chi connectivity index (χ0v) is 11.0. The second-order valence-electron chi connectivity index (χ2n) is 4.35. The summed E-state index contributed by atoms with van der Waals surface area (Å²) in [5.74, 6) is -0.228. The highest BCUT2D eigenvalue weighted by Gasteiger charge is 2.23. The van der Waals surface area contributed by atoms with Crippen LogP contribution in [0.25, 0.3) is 0 Å². The Hall–Kier alpha value is -1.73. The van der Waals surface area contributed by atoms with Crippen molar-refractivity contribution < 1.29 is 14.3 Å². The number of rotatable bonds is 3. The number of hydrogen-bond donors (Lipinski definition) is 1. The number of morpholine rings is 1. The molecule has 1 aliphatic heterocycles. The molecule has 0 amide bonds. The van der Waals surface area contributed by atoms with Crippen molar-refractivity contribution in [3.63, 3.8) is 0 Å². The van der Waals surface area contributed by atoms with Gasteiger partial charge in [0.15, 0.2) is 0 Å². The molecule has 2 heterocycles. The van der Waals surface area contributed by atoms with E-state index in [0.29, 0.717) is 19.0 Å². The van der Waals surface area contributed by atoms with E-state index in [0.717, 1.165) is 6.54 Å². The maximum Gasteiger partial charge on any atom is 0.345 e. The van der Waals surface area contributed by atoms with Crippen LogP contribution in [0.4, 0.5) is 0 Å². The maximum atomic E-state index is 11.8. The summed E-state index contributed by atoms with van der Waals surface area (Å²) in [5.41, 5.74) is -0.588. The van der Waals surface area contributed by atoms with Crippen molar-refractivity contribution in [3.8, 4) is 0 Å². The number of carbonyl (C=O) groups excluding carboxylic acids is 1. The number of ether oxygens (including phenoxy) is 2. The number of H-pyrrole nitrogens is 1. The second kappa shape index (κ2) is 5.94. The van der Waals surface area contributed by atoms with Gasteiger partial charge < -0.3 is 19.4 Å². The fourth-order valence-electron chi connectivity index (χ4n) is 1.87. The molecular weight excluding hydrogens is 250 g/mol. The highest BCUT2D eigenvalue weighted by Crippen LogP contribution is 2.16. The Bertz CT molecular complexity index is 514. The summed E-state index contributed by atoms with van der Waals surface area (Å²) in [4.78, 5) is 32.1. The molecular formula is C12H17N3O4. The van der Waals surface area contributed by atoms with E-state index in [4.69, 9.17) is 9.47 Å².